The maximum absolute atomic E-state index is 12.1. The molecule has 0 bridgehead atoms. The SMILES string of the molecule is OC1(COCc2ccccc2)[C@H](OCc2ccccc2)[C@@H](OCc2ccccc2)C1(O)c1cccs1. The van der Waals surface area contributed by atoms with Crippen LogP contribution < -0.4 is 0 Å². The molecular weight excluding hydrogens is 472 g/mol. The standard InChI is InChI=1S/C30H30O5S/c31-29(22-33-19-23-11-4-1-5-12-23)27(34-20-24-13-6-2-7-14-24)28(30(29,32)26-17-10-18-36-26)35-21-25-15-8-3-9-16-25/h1-18,27-28,31-32H,19-22H2/t27-,28-,29?,30?/m1/s1. The van der Waals surface area contributed by atoms with Crippen molar-refractivity contribution in [2.24, 2.45) is 0 Å². The second-order valence-electron chi connectivity index (χ2n) is 9.08. The van der Waals surface area contributed by atoms with Gasteiger partial charge in [0.2, 0.25) is 0 Å². The molecule has 1 aliphatic carbocycles. The minimum absolute atomic E-state index is 0.110. The van der Waals surface area contributed by atoms with Gasteiger partial charge in [0.05, 0.1) is 26.4 Å². The molecule has 2 N–H and O–H groups in total. The van der Waals surface area contributed by atoms with Crippen LogP contribution in [0.2, 0.25) is 0 Å². The summed E-state index contributed by atoms with van der Waals surface area (Å²) in [5.74, 6) is 0. The number of hydrogen-bond acceptors (Lipinski definition) is 6. The molecule has 186 valence electrons. The molecule has 36 heavy (non-hydrogen) atoms. The van der Waals surface area contributed by atoms with E-state index >= 15 is 0 Å². The van der Waals surface area contributed by atoms with Crippen LogP contribution in [0.15, 0.2) is 109 Å². The van der Waals surface area contributed by atoms with Gasteiger partial charge in [-0.15, -0.1) is 11.3 Å². The van der Waals surface area contributed by atoms with Gasteiger partial charge in [0, 0.05) is 4.88 Å². The predicted octanol–water partition coefficient (Wildman–Crippen LogP) is 5.07. The summed E-state index contributed by atoms with van der Waals surface area (Å²) in [5.41, 5.74) is -0.461. The molecule has 0 amide bonds. The Bertz CT molecular complexity index is 1200. The smallest absolute Gasteiger partial charge is 0.161 e. The van der Waals surface area contributed by atoms with Crippen molar-refractivity contribution in [3.63, 3.8) is 0 Å². The van der Waals surface area contributed by atoms with Crippen molar-refractivity contribution in [1.29, 1.82) is 0 Å². The first-order chi connectivity index (χ1) is 17.6. The minimum Gasteiger partial charge on any atom is -0.381 e. The minimum atomic E-state index is -1.71. The zero-order valence-corrected chi connectivity index (χ0v) is 20.7. The third kappa shape index (κ3) is 4.89. The molecule has 4 atom stereocenters. The lowest BCUT2D eigenvalue weighted by Crippen LogP contribution is -2.82. The fraction of sp³-hybridized carbons (Fsp3) is 0.267. The quantitative estimate of drug-likeness (QED) is 0.300. The molecule has 1 aliphatic rings. The first kappa shape index (κ1) is 24.8. The zero-order chi connectivity index (χ0) is 24.8. The van der Waals surface area contributed by atoms with E-state index in [1.807, 2.05) is 109 Å². The van der Waals surface area contributed by atoms with Crippen LogP contribution in [0.3, 0.4) is 0 Å². The van der Waals surface area contributed by atoms with E-state index < -0.39 is 23.4 Å². The number of aliphatic hydroxyl groups is 2. The van der Waals surface area contributed by atoms with Crippen molar-refractivity contribution in [3.8, 4) is 0 Å². The highest BCUT2D eigenvalue weighted by Crippen LogP contribution is 2.55. The third-order valence-electron chi connectivity index (χ3n) is 6.69. The highest BCUT2D eigenvalue weighted by Gasteiger charge is 2.75. The Hall–Kier alpha value is -2.84. The Labute approximate surface area is 215 Å². The number of benzene rings is 3. The summed E-state index contributed by atoms with van der Waals surface area (Å²) in [6.07, 6.45) is -1.59. The lowest BCUT2D eigenvalue weighted by Gasteiger charge is -2.61. The molecule has 4 aromatic rings. The number of ether oxygens (including phenoxy) is 3. The molecular formula is C30H30O5S. The molecule has 5 rings (SSSR count). The lowest BCUT2D eigenvalue weighted by atomic mass is 9.59. The summed E-state index contributed by atoms with van der Waals surface area (Å²) in [4.78, 5) is 0.617. The fourth-order valence-electron chi connectivity index (χ4n) is 4.73. The maximum Gasteiger partial charge on any atom is 0.161 e. The van der Waals surface area contributed by atoms with Gasteiger partial charge in [-0.25, -0.2) is 0 Å². The van der Waals surface area contributed by atoms with Crippen LogP contribution in [0.25, 0.3) is 0 Å². The van der Waals surface area contributed by atoms with E-state index in [4.69, 9.17) is 14.2 Å². The topological polar surface area (TPSA) is 68.2 Å². The van der Waals surface area contributed by atoms with Gasteiger partial charge in [0.15, 0.2) is 11.2 Å². The van der Waals surface area contributed by atoms with Crippen molar-refractivity contribution in [1.82, 2.24) is 0 Å². The summed E-state index contributed by atoms with van der Waals surface area (Å²) >= 11 is 1.38. The Morgan fingerprint density at radius 3 is 1.61 bits per heavy atom. The third-order valence-corrected chi connectivity index (χ3v) is 7.69. The van der Waals surface area contributed by atoms with Crippen molar-refractivity contribution in [2.45, 2.75) is 43.2 Å². The van der Waals surface area contributed by atoms with Gasteiger partial charge in [-0.3, -0.25) is 0 Å². The first-order valence-corrected chi connectivity index (χ1v) is 12.9. The van der Waals surface area contributed by atoms with E-state index in [-0.39, 0.29) is 19.8 Å². The van der Waals surface area contributed by atoms with E-state index in [1.165, 1.54) is 11.3 Å². The molecule has 1 heterocycles. The number of thiophene rings is 1. The molecule has 1 fully saturated rings. The van der Waals surface area contributed by atoms with Gasteiger partial charge in [-0.2, -0.15) is 0 Å². The van der Waals surface area contributed by atoms with Crippen LogP contribution in [-0.2, 0) is 39.6 Å². The van der Waals surface area contributed by atoms with E-state index in [2.05, 4.69) is 0 Å². The molecule has 5 nitrogen and oxygen atoms in total. The molecule has 0 saturated heterocycles. The maximum atomic E-state index is 12.1. The van der Waals surface area contributed by atoms with E-state index in [1.54, 1.807) is 0 Å². The molecule has 0 aliphatic heterocycles. The lowest BCUT2D eigenvalue weighted by molar-refractivity contribution is -0.381. The van der Waals surface area contributed by atoms with Crippen LogP contribution in [0, 0.1) is 0 Å². The number of rotatable bonds is 11. The van der Waals surface area contributed by atoms with E-state index in [0.717, 1.165) is 16.7 Å². The van der Waals surface area contributed by atoms with Crippen molar-refractivity contribution < 1.29 is 24.4 Å². The Morgan fingerprint density at radius 2 is 1.11 bits per heavy atom. The van der Waals surface area contributed by atoms with Crippen LogP contribution >= 0.6 is 11.3 Å². The molecule has 1 aromatic heterocycles. The first-order valence-electron chi connectivity index (χ1n) is 12.0. The fourth-order valence-corrected chi connectivity index (χ4v) is 5.66. The van der Waals surface area contributed by atoms with Crippen LogP contribution in [0.1, 0.15) is 21.6 Å². The van der Waals surface area contributed by atoms with E-state index in [9.17, 15) is 10.2 Å². The summed E-state index contributed by atoms with van der Waals surface area (Å²) in [6.45, 7) is 0.759. The number of hydrogen-bond donors (Lipinski definition) is 2. The molecule has 0 radical (unpaired) electrons. The highest BCUT2D eigenvalue weighted by atomic mass is 32.1. The van der Waals surface area contributed by atoms with Gasteiger partial charge in [0.1, 0.15) is 12.2 Å². The highest BCUT2D eigenvalue weighted by molar-refractivity contribution is 7.10. The van der Waals surface area contributed by atoms with Crippen molar-refractivity contribution in [2.75, 3.05) is 6.61 Å². The van der Waals surface area contributed by atoms with Crippen LogP contribution in [-0.4, -0.2) is 34.6 Å². The average molecular weight is 503 g/mol. The second-order valence-corrected chi connectivity index (χ2v) is 10.0. The second kappa shape index (κ2) is 11.0. The molecule has 1 saturated carbocycles. The monoisotopic (exact) mass is 502 g/mol. The Balaban J connectivity index is 1.41. The summed E-state index contributed by atoms with van der Waals surface area (Å²) in [5, 5.41) is 26.0. The predicted molar refractivity (Wildman–Crippen MR) is 139 cm³/mol. The van der Waals surface area contributed by atoms with Crippen molar-refractivity contribution in [3.05, 3.63) is 130 Å². The Kier molecular flexibility index (Phi) is 7.62. The summed E-state index contributed by atoms with van der Waals surface area (Å²) in [7, 11) is 0. The van der Waals surface area contributed by atoms with Gasteiger partial charge in [-0.05, 0) is 28.1 Å². The molecule has 0 spiro atoms. The summed E-state index contributed by atoms with van der Waals surface area (Å²) < 4.78 is 18.5. The van der Waals surface area contributed by atoms with Gasteiger partial charge in [-0.1, -0.05) is 97.1 Å². The normalized spacial score (nSPS) is 25.4. The largest absolute Gasteiger partial charge is 0.381 e. The van der Waals surface area contributed by atoms with Crippen molar-refractivity contribution >= 4 is 11.3 Å². The van der Waals surface area contributed by atoms with Gasteiger partial charge in [0.25, 0.3) is 0 Å². The molecule has 3 aromatic carbocycles. The van der Waals surface area contributed by atoms with Gasteiger partial charge < -0.3 is 24.4 Å². The van der Waals surface area contributed by atoms with Gasteiger partial charge >= 0.3 is 0 Å². The molecule has 6 heteroatoms. The van der Waals surface area contributed by atoms with Crippen LogP contribution in [0.5, 0.6) is 0 Å². The summed E-state index contributed by atoms with van der Waals surface area (Å²) in [6, 6.07) is 33.0. The average Bonchev–Trinajstić information content (AvgIpc) is 3.47. The zero-order valence-electron chi connectivity index (χ0n) is 19.9. The molecule has 2 unspecified atom stereocenters. The van der Waals surface area contributed by atoms with E-state index in [0.29, 0.717) is 11.5 Å². The van der Waals surface area contributed by atoms with Crippen LogP contribution in [0.4, 0.5) is 0 Å². The Morgan fingerprint density at radius 1 is 0.611 bits per heavy atom.